The molecule has 0 aromatic heterocycles. The van der Waals surface area contributed by atoms with Crippen molar-refractivity contribution >= 4 is 35.0 Å². The van der Waals surface area contributed by atoms with Gasteiger partial charge in [0.05, 0.1) is 0 Å². The molecule has 0 heterocycles. The Morgan fingerprint density at radius 1 is 1.06 bits per heavy atom. The molecule has 0 spiro atoms. The molecular weight excluding hydrogens is 447 g/mol. The maximum Gasteiger partial charge on any atom is 0.261 e. The summed E-state index contributed by atoms with van der Waals surface area (Å²) < 4.78 is 5.82. The lowest BCUT2D eigenvalue weighted by Crippen LogP contribution is -2.51. The first kappa shape index (κ1) is 26.0. The van der Waals surface area contributed by atoms with Crippen molar-refractivity contribution in [2.24, 2.45) is 0 Å². The predicted molar refractivity (Wildman–Crippen MR) is 130 cm³/mol. The number of benzene rings is 2. The van der Waals surface area contributed by atoms with Crippen LogP contribution in [0.3, 0.4) is 0 Å². The zero-order valence-corrected chi connectivity index (χ0v) is 20.9. The summed E-state index contributed by atoms with van der Waals surface area (Å²) in [4.78, 5) is 27.8. The third kappa shape index (κ3) is 7.14. The van der Waals surface area contributed by atoms with Gasteiger partial charge in [-0.2, -0.15) is 0 Å². The molecule has 0 radical (unpaired) electrons. The number of hydrogen-bond donors (Lipinski definition) is 1. The largest absolute Gasteiger partial charge is 0.483 e. The molecule has 2 rings (SSSR count). The summed E-state index contributed by atoms with van der Waals surface area (Å²) in [5, 5.41) is 3.94. The molecule has 0 saturated carbocycles. The van der Waals surface area contributed by atoms with Crippen molar-refractivity contribution in [2.45, 2.75) is 66.1 Å². The van der Waals surface area contributed by atoms with Gasteiger partial charge in [-0.3, -0.25) is 9.59 Å². The molecule has 0 unspecified atom stereocenters. The number of halogens is 2. The van der Waals surface area contributed by atoms with E-state index in [9.17, 15) is 9.59 Å². The smallest absolute Gasteiger partial charge is 0.261 e. The lowest BCUT2D eigenvalue weighted by atomic mass is 10.1. The van der Waals surface area contributed by atoms with Gasteiger partial charge in [0.2, 0.25) is 5.91 Å². The van der Waals surface area contributed by atoms with Crippen LogP contribution < -0.4 is 10.1 Å². The lowest BCUT2D eigenvalue weighted by Gasteiger charge is -2.31. The fraction of sp³-hybridized carbons (Fsp3) is 0.440. The van der Waals surface area contributed by atoms with E-state index in [1.807, 2.05) is 52.8 Å². The fourth-order valence-electron chi connectivity index (χ4n) is 3.38. The Morgan fingerprint density at radius 2 is 1.78 bits per heavy atom. The first-order valence-corrected chi connectivity index (χ1v) is 11.7. The monoisotopic (exact) mass is 478 g/mol. The minimum atomic E-state index is -0.647. The summed E-state index contributed by atoms with van der Waals surface area (Å²) >= 11 is 12.4. The zero-order chi connectivity index (χ0) is 23.8. The molecule has 0 aliphatic heterocycles. The molecular formula is C25H32Cl2N2O3. The Kier molecular flexibility index (Phi) is 9.85. The summed E-state index contributed by atoms with van der Waals surface area (Å²) in [7, 11) is 0. The topological polar surface area (TPSA) is 58.6 Å². The van der Waals surface area contributed by atoms with E-state index in [4.69, 9.17) is 27.9 Å². The third-order valence-electron chi connectivity index (χ3n) is 5.42. The molecule has 0 aliphatic rings. The average Bonchev–Trinajstić information content (AvgIpc) is 2.74. The SMILES string of the molecule is CC[C@@H](C)NC(=O)[C@H](CC)N(Cc1ccc(Cl)cc1Cl)C(=O)COc1ccc(C)cc1C. The number of carbonyl (C=O) groups is 2. The quantitative estimate of drug-likeness (QED) is 0.475. The molecule has 2 aromatic carbocycles. The van der Waals surface area contributed by atoms with Crippen molar-refractivity contribution in [1.82, 2.24) is 10.2 Å². The lowest BCUT2D eigenvalue weighted by molar-refractivity contribution is -0.143. The van der Waals surface area contributed by atoms with Crippen LogP contribution in [0, 0.1) is 13.8 Å². The van der Waals surface area contributed by atoms with Gasteiger partial charge in [-0.05, 0) is 62.9 Å². The molecule has 0 fully saturated rings. The van der Waals surface area contributed by atoms with E-state index in [-0.39, 0.29) is 31.0 Å². The summed E-state index contributed by atoms with van der Waals surface area (Å²) in [6.45, 7) is 9.76. The van der Waals surface area contributed by atoms with Crippen LogP contribution in [0.15, 0.2) is 36.4 Å². The normalized spacial score (nSPS) is 12.7. The van der Waals surface area contributed by atoms with E-state index in [1.54, 1.807) is 18.2 Å². The molecule has 2 atom stereocenters. The molecule has 32 heavy (non-hydrogen) atoms. The first-order valence-electron chi connectivity index (χ1n) is 10.9. The number of rotatable bonds is 10. The van der Waals surface area contributed by atoms with Crippen molar-refractivity contribution in [3.05, 3.63) is 63.1 Å². The van der Waals surface area contributed by atoms with E-state index in [0.29, 0.717) is 27.8 Å². The van der Waals surface area contributed by atoms with Crippen LogP contribution in [0.5, 0.6) is 5.75 Å². The molecule has 0 bridgehead atoms. The van der Waals surface area contributed by atoms with Crippen molar-refractivity contribution in [2.75, 3.05) is 6.61 Å². The van der Waals surface area contributed by atoms with Gasteiger partial charge in [0.15, 0.2) is 6.61 Å². The Bertz CT molecular complexity index is 949. The van der Waals surface area contributed by atoms with Crippen LogP contribution in [-0.4, -0.2) is 35.4 Å². The van der Waals surface area contributed by atoms with Gasteiger partial charge in [0, 0.05) is 22.6 Å². The molecule has 7 heteroatoms. The van der Waals surface area contributed by atoms with Crippen LogP contribution in [0.1, 0.15) is 50.3 Å². The minimum Gasteiger partial charge on any atom is -0.483 e. The highest BCUT2D eigenvalue weighted by molar-refractivity contribution is 6.35. The zero-order valence-electron chi connectivity index (χ0n) is 19.4. The first-order chi connectivity index (χ1) is 15.2. The van der Waals surface area contributed by atoms with Gasteiger partial charge >= 0.3 is 0 Å². The second-order valence-electron chi connectivity index (χ2n) is 8.06. The average molecular weight is 479 g/mol. The van der Waals surface area contributed by atoms with Crippen LogP contribution >= 0.6 is 23.2 Å². The highest BCUT2D eigenvalue weighted by atomic mass is 35.5. The number of ether oxygens (including phenoxy) is 1. The summed E-state index contributed by atoms with van der Waals surface area (Å²) in [5.74, 6) is 0.166. The maximum absolute atomic E-state index is 13.3. The van der Waals surface area contributed by atoms with Gasteiger partial charge in [0.25, 0.3) is 5.91 Å². The summed E-state index contributed by atoms with van der Waals surface area (Å²) in [5.41, 5.74) is 2.78. The molecule has 2 aromatic rings. The number of nitrogens with one attached hydrogen (secondary N) is 1. The molecule has 2 amide bonds. The van der Waals surface area contributed by atoms with E-state index in [1.165, 1.54) is 4.90 Å². The Morgan fingerprint density at radius 3 is 2.38 bits per heavy atom. The van der Waals surface area contributed by atoms with E-state index >= 15 is 0 Å². The number of carbonyl (C=O) groups excluding carboxylic acids is 2. The number of amides is 2. The van der Waals surface area contributed by atoms with Crippen molar-refractivity contribution in [3.8, 4) is 5.75 Å². The van der Waals surface area contributed by atoms with E-state index in [0.717, 1.165) is 17.5 Å². The predicted octanol–water partition coefficient (Wildman–Crippen LogP) is 5.71. The van der Waals surface area contributed by atoms with Crippen LogP contribution in [-0.2, 0) is 16.1 Å². The van der Waals surface area contributed by atoms with Crippen molar-refractivity contribution in [3.63, 3.8) is 0 Å². The number of nitrogens with zero attached hydrogens (tertiary/aromatic N) is 1. The van der Waals surface area contributed by atoms with E-state index in [2.05, 4.69) is 5.32 Å². The Hall–Kier alpha value is -2.24. The minimum absolute atomic E-state index is 0.0130. The maximum atomic E-state index is 13.3. The molecule has 1 N–H and O–H groups in total. The Balaban J connectivity index is 2.28. The highest BCUT2D eigenvalue weighted by Gasteiger charge is 2.30. The van der Waals surface area contributed by atoms with E-state index < -0.39 is 6.04 Å². The van der Waals surface area contributed by atoms with Gasteiger partial charge in [-0.1, -0.05) is 60.8 Å². The van der Waals surface area contributed by atoms with Crippen LogP contribution in [0.25, 0.3) is 0 Å². The van der Waals surface area contributed by atoms with Crippen molar-refractivity contribution < 1.29 is 14.3 Å². The van der Waals surface area contributed by atoms with Crippen molar-refractivity contribution in [1.29, 1.82) is 0 Å². The second-order valence-corrected chi connectivity index (χ2v) is 8.90. The number of hydrogen-bond acceptors (Lipinski definition) is 3. The molecule has 5 nitrogen and oxygen atoms in total. The third-order valence-corrected chi connectivity index (χ3v) is 6.01. The Labute approximate surface area is 201 Å². The second kappa shape index (κ2) is 12.1. The summed E-state index contributed by atoms with van der Waals surface area (Å²) in [6, 6.07) is 10.3. The van der Waals surface area contributed by atoms with Gasteiger partial charge < -0.3 is 15.0 Å². The van der Waals surface area contributed by atoms with Crippen LogP contribution in [0.4, 0.5) is 0 Å². The van der Waals surface area contributed by atoms with Crippen LogP contribution in [0.2, 0.25) is 10.0 Å². The molecule has 0 aliphatic carbocycles. The molecule has 174 valence electrons. The number of aryl methyl sites for hydroxylation is 2. The van der Waals surface area contributed by atoms with Gasteiger partial charge in [-0.15, -0.1) is 0 Å². The van der Waals surface area contributed by atoms with Gasteiger partial charge in [0.1, 0.15) is 11.8 Å². The summed E-state index contributed by atoms with van der Waals surface area (Å²) in [6.07, 6.45) is 1.26. The fourth-order valence-corrected chi connectivity index (χ4v) is 3.85. The standard InChI is InChI=1S/C25H32Cl2N2O3/c1-6-18(5)28-25(31)22(7-2)29(14-19-9-10-20(26)13-21(19)27)24(30)15-32-23-11-8-16(3)12-17(23)4/h8-13,18,22H,6-7,14-15H2,1-5H3,(H,28,31)/t18-,22+/m1/s1. The van der Waals surface area contributed by atoms with Gasteiger partial charge in [-0.25, -0.2) is 0 Å². The highest BCUT2D eigenvalue weighted by Crippen LogP contribution is 2.24. The molecule has 0 saturated heterocycles.